The molecule has 0 aliphatic carbocycles. The van der Waals surface area contributed by atoms with Gasteiger partial charge in [0.1, 0.15) is 26.9 Å². The van der Waals surface area contributed by atoms with Crippen molar-refractivity contribution in [3.8, 4) is 11.5 Å². The summed E-state index contributed by atoms with van der Waals surface area (Å²) in [6.07, 6.45) is -0.584. The van der Waals surface area contributed by atoms with Crippen molar-refractivity contribution in [2.24, 2.45) is 0 Å². The average Bonchev–Trinajstić information content (AvgIpc) is 3.11. The van der Waals surface area contributed by atoms with Gasteiger partial charge in [-0.2, -0.15) is 0 Å². The van der Waals surface area contributed by atoms with E-state index in [2.05, 4.69) is 31.1 Å². The molecule has 3 heterocycles. The SMILES string of the molecule is CC(C)=C(CCC#C[Si](C)(C)C)C(=O)OC1[C@@H]2OC(C)(C)O[C@@H]2COC12COC(C)(C)O2. The molecule has 0 N–H and O–H groups in total. The minimum atomic E-state index is -1.45. The van der Waals surface area contributed by atoms with E-state index in [0.717, 1.165) is 5.57 Å². The Morgan fingerprint density at radius 2 is 1.75 bits per heavy atom. The summed E-state index contributed by atoms with van der Waals surface area (Å²) in [5.41, 5.74) is 4.86. The maximum absolute atomic E-state index is 13.3. The Bertz CT molecular complexity index is 824. The zero-order chi connectivity index (χ0) is 23.9. The first kappa shape index (κ1) is 25.4. The molecule has 3 saturated heterocycles. The van der Waals surface area contributed by atoms with E-state index in [9.17, 15) is 4.79 Å². The quantitative estimate of drug-likeness (QED) is 0.269. The van der Waals surface area contributed by atoms with Crippen LogP contribution in [0.1, 0.15) is 54.4 Å². The van der Waals surface area contributed by atoms with E-state index in [-0.39, 0.29) is 19.3 Å². The van der Waals surface area contributed by atoms with Gasteiger partial charge < -0.3 is 28.4 Å². The summed E-state index contributed by atoms with van der Waals surface area (Å²) in [5, 5.41) is 0. The zero-order valence-corrected chi connectivity index (χ0v) is 21.9. The van der Waals surface area contributed by atoms with Crippen LogP contribution in [0.5, 0.6) is 0 Å². The van der Waals surface area contributed by atoms with Gasteiger partial charge in [0.25, 0.3) is 0 Å². The van der Waals surface area contributed by atoms with Gasteiger partial charge in [-0.25, -0.2) is 4.79 Å². The number of hydrogen-bond acceptors (Lipinski definition) is 7. The molecular formula is C24H38O7Si. The van der Waals surface area contributed by atoms with Gasteiger partial charge in [0.15, 0.2) is 17.7 Å². The fourth-order valence-electron chi connectivity index (χ4n) is 4.18. The second-order valence-corrected chi connectivity index (χ2v) is 15.7. The van der Waals surface area contributed by atoms with Gasteiger partial charge >= 0.3 is 5.97 Å². The number of hydrogen-bond donors (Lipinski definition) is 0. The van der Waals surface area contributed by atoms with Crippen LogP contribution in [0.25, 0.3) is 0 Å². The third-order valence-electron chi connectivity index (χ3n) is 5.53. The fraction of sp³-hybridized carbons (Fsp3) is 0.792. The molecule has 8 heteroatoms. The van der Waals surface area contributed by atoms with Gasteiger partial charge in [-0.3, -0.25) is 0 Å². The Morgan fingerprint density at radius 3 is 2.31 bits per heavy atom. The molecule has 0 saturated carbocycles. The minimum absolute atomic E-state index is 0.136. The maximum Gasteiger partial charge on any atom is 0.334 e. The number of carbonyl (C=O) groups is 1. The predicted octanol–water partition coefficient (Wildman–Crippen LogP) is 3.93. The van der Waals surface area contributed by atoms with Crippen LogP contribution >= 0.6 is 0 Å². The Morgan fingerprint density at radius 1 is 1.06 bits per heavy atom. The van der Waals surface area contributed by atoms with Crippen LogP contribution in [-0.4, -0.2) is 62.9 Å². The van der Waals surface area contributed by atoms with Crippen LogP contribution in [0.2, 0.25) is 19.6 Å². The lowest BCUT2D eigenvalue weighted by atomic mass is 9.96. The third kappa shape index (κ3) is 5.82. The van der Waals surface area contributed by atoms with Crippen molar-refractivity contribution in [1.29, 1.82) is 0 Å². The van der Waals surface area contributed by atoms with E-state index in [0.29, 0.717) is 18.4 Å². The van der Waals surface area contributed by atoms with E-state index in [1.807, 2.05) is 41.5 Å². The van der Waals surface area contributed by atoms with Crippen LogP contribution in [0.4, 0.5) is 0 Å². The minimum Gasteiger partial charge on any atom is -0.450 e. The Hall–Kier alpha value is -1.21. The Balaban J connectivity index is 1.82. The van der Waals surface area contributed by atoms with Gasteiger partial charge in [0, 0.05) is 12.0 Å². The molecule has 0 radical (unpaired) electrons. The second kappa shape index (κ2) is 8.86. The molecule has 0 bridgehead atoms. The van der Waals surface area contributed by atoms with Crippen molar-refractivity contribution in [1.82, 2.24) is 0 Å². The van der Waals surface area contributed by atoms with Crippen LogP contribution in [0.15, 0.2) is 11.1 Å². The summed E-state index contributed by atoms with van der Waals surface area (Å²) < 4.78 is 36.3. The van der Waals surface area contributed by atoms with Gasteiger partial charge in [-0.1, -0.05) is 25.2 Å². The lowest BCUT2D eigenvalue weighted by Crippen LogP contribution is -2.63. The number of esters is 1. The van der Waals surface area contributed by atoms with Gasteiger partial charge in [0.05, 0.1) is 6.61 Å². The molecule has 32 heavy (non-hydrogen) atoms. The van der Waals surface area contributed by atoms with E-state index >= 15 is 0 Å². The molecule has 1 spiro atoms. The summed E-state index contributed by atoms with van der Waals surface area (Å²) in [4.78, 5) is 13.3. The molecular weight excluding hydrogens is 428 g/mol. The summed E-state index contributed by atoms with van der Waals surface area (Å²) in [5.74, 6) is -0.0896. The smallest absolute Gasteiger partial charge is 0.334 e. The molecule has 0 aromatic rings. The molecule has 0 aromatic heterocycles. The monoisotopic (exact) mass is 466 g/mol. The highest BCUT2D eigenvalue weighted by molar-refractivity contribution is 6.83. The molecule has 2 unspecified atom stereocenters. The standard InChI is InChI=1S/C24H38O7Si/c1-16(2)17(12-10-11-13-32(7,8)9)21(25)28-20-19-18(29-23(5,6)30-19)14-26-24(20)15-27-22(3,4)31-24/h18-20H,10,12,14-15H2,1-9H3/t18-,19-,20?,24?/m1/s1. The van der Waals surface area contributed by atoms with Crippen molar-refractivity contribution >= 4 is 14.0 Å². The molecule has 3 fully saturated rings. The highest BCUT2D eigenvalue weighted by Gasteiger charge is 2.64. The predicted molar refractivity (Wildman–Crippen MR) is 122 cm³/mol. The average molecular weight is 467 g/mol. The number of ether oxygens (including phenoxy) is 6. The molecule has 0 amide bonds. The number of fused-ring (bicyclic) bond motifs is 1. The van der Waals surface area contributed by atoms with E-state index in [1.165, 1.54) is 0 Å². The van der Waals surface area contributed by atoms with Crippen LogP contribution in [0, 0.1) is 11.5 Å². The van der Waals surface area contributed by atoms with Crippen molar-refractivity contribution in [3.63, 3.8) is 0 Å². The molecule has 180 valence electrons. The van der Waals surface area contributed by atoms with Crippen molar-refractivity contribution in [2.45, 2.75) is 110 Å². The molecule has 7 nitrogen and oxygen atoms in total. The van der Waals surface area contributed by atoms with E-state index in [4.69, 9.17) is 28.4 Å². The lowest BCUT2D eigenvalue weighted by Gasteiger charge is -2.43. The molecule has 3 aliphatic heterocycles. The van der Waals surface area contributed by atoms with Gasteiger partial charge in [-0.05, 0) is 48.0 Å². The summed E-state index contributed by atoms with van der Waals surface area (Å²) in [6, 6.07) is 0. The molecule has 4 atom stereocenters. The van der Waals surface area contributed by atoms with Crippen LogP contribution in [-0.2, 0) is 33.2 Å². The van der Waals surface area contributed by atoms with Crippen molar-refractivity contribution in [2.75, 3.05) is 13.2 Å². The van der Waals surface area contributed by atoms with Gasteiger partial charge in [-0.15, -0.1) is 11.5 Å². The summed E-state index contributed by atoms with van der Waals surface area (Å²) in [7, 11) is -1.45. The van der Waals surface area contributed by atoms with Crippen LogP contribution in [0.3, 0.4) is 0 Å². The second-order valence-electron chi connectivity index (χ2n) is 10.9. The Labute approximate surface area is 193 Å². The topological polar surface area (TPSA) is 72.5 Å². The highest BCUT2D eigenvalue weighted by atomic mass is 28.3. The normalized spacial score (nSPS) is 32.7. The van der Waals surface area contributed by atoms with Crippen LogP contribution < -0.4 is 0 Å². The zero-order valence-electron chi connectivity index (χ0n) is 20.9. The summed E-state index contributed by atoms with van der Waals surface area (Å²) in [6.45, 7) is 18.1. The van der Waals surface area contributed by atoms with Gasteiger partial charge in [0.2, 0.25) is 5.79 Å². The number of rotatable bonds is 4. The molecule has 3 aliphatic rings. The van der Waals surface area contributed by atoms with Crippen molar-refractivity contribution < 1.29 is 33.2 Å². The van der Waals surface area contributed by atoms with Crippen molar-refractivity contribution in [3.05, 3.63) is 11.1 Å². The third-order valence-corrected chi connectivity index (χ3v) is 6.46. The maximum atomic E-state index is 13.3. The van der Waals surface area contributed by atoms with E-state index < -0.39 is 43.6 Å². The lowest BCUT2D eigenvalue weighted by molar-refractivity contribution is -0.328. The first-order chi connectivity index (χ1) is 14.6. The highest BCUT2D eigenvalue weighted by Crippen LogP contribution is 2.45. The fourth-order valence-corrected chi connectivity index (χ4v) is 4.83. The molecule has 3 rings (SSSR count). The number of carbonyl (C=O) groups excluding carboxylic acids is 1. The van der Waals surface area contributed by atoms with E-state index in [1.54, 1.807) is 0 Å². The molecule has 0 aromatic carbocycles. The Kier molecular flexibility index (Phi) is 7.03. The summed E-state index contributed by atoms with van der Waals surface area (Å²) >= 11 is 0. The first-order valence-electron chi connectivity index (χ1n) is 11.3. The number of allylic oxidation sites excluding steroid dienone is 1. The first-order valence-corrected chi connectivity index (χ1v) is 14.8. The largest absolute Gasteiger partial charge is 0.450 e.